The zero-order valence-corrected chi connectivity index (χ0v) is 25.1. The highest BCUT2D eigenvalue weighted by atomic mass is 32.2. The summed E-state index contributed by atoms with van der Waals surface area (Å²) in [5, 5.41) is 6.78. The molecule has 11 nitrogen and oxygen atoms in total. The number of amides is 3. The molecule has 0 atom stereocenters. The number of carbonyl (C=O) groups is 2. The zero-order chi connectivity index (χ0) is 32.5. The molecule has 234 valence electrons. The van der Waals surface area contributed by atoms with Crippen molar-refractivity contribution in [2.45, 2.75) is 26.1 Å². The van der Waals surface area contributed by atoms with Gasteiger partial charge in [-0.1, -0.05) is 31.7 Å². The molecule has 1 aliphatic heterocycles. The number of hydrogen-bond donors (Lipinski definition) is 1. The Morgan fingerprint density at radius 3 is 2.53 bits per heavy atom. The summed E-state index contributed by atoms with van der Waals surface area (Å²) in [6.07, 6.45) is -2.71. The second-order valence-electron chi connectivity index (χ2n) is 10.2. The predicted molar refractivity (Wildman–Crippen MR) is 162 cm³/mol. The summed E-state index contributed by atoms with van der Waals surface area (Å²) in [5.74, 6) is -1.09. The number of rotatable bonds is 7. The number of benzene rings is 2. The average Bonchev–Trinajstić information content (AvgIpc) is 3.60. The number of urea groups is 1. The standard InChI is InChI=1S/C29H26F4N8O3S/c1-16(2)20-8-6-18(39(3)4)12-23(20)41-25(42)14-45-28(41)37-27(43)36-22-9-5-17(11-21(22)30)26-35-15-40(38-26)24-10-7-19(13-34-24)44-29(31,32)33/h5-13,15-16H,14H2,1-4H3,(H,36,43). The zero-order valence-electron chi connectivity index (χ0n) is 24.3. The predicted octanol–water partition coefficient (Wildman–Crippen LogP) is 6.22. The first-order valence-electron chi connectivity index (χ1n) is 13.4. The number of carbonyl (C=O) groups excluding carboxylic acids is 2. The molecule has 0 spiro atoms. The molecule has 1 aliphatic rings. The lowest BCUT2D eigenvalue weighted by Crippen LogP contribution is -2.31. The number of anilines is 3. The molecule has 2 aromatic heterocycles. The van der Waals surface area contributed by atoms with Gasteiger partial charge in [0.1, 0.15) is 17.9 Å². The third-order valence-electron chi connectivity index (χ3n) is 6.51. The molecule has 1 fully saturated rings. The number of hydrogen-bond acceptors (Lipinski definition) is 8. The molecule has 1 N–H and O–H groups in total. The van der Waals surface area contributed by atoms with E-state index in [1.165, 1.54) is 34.1 Å². The maximum atomic E-state index is 15.1. The molecular weight excluding hydrogens is 616 g/mol. The Hall–Kier alpha value is -4.99. The molecule has 16 heteroatoms. The highest BCUT2D eigenvalue weighted by Crippen LogP contribution is 2.36. The summed E-state index contributed by atoms with van der Waals surface area (Å²) >= 11 is 1.11. The van der Waals surface area contributed by atoms with Gasteiger partial charge in [-0.15, -0.1) is 18.3 Å². The smallest absolute Gasteiger partial charge is 0.404 e. The van der Waals surface area contributed by atoms with Gasteiger partial charge in [-0.05, 0) is 53.9 Å². The van der Waals surface area contributed by atoms with Crippen LogP contribution in [0.15, 0.2) is 66.0 Å². The Morgan fingerprint density at radius 2 is 1.89 bits per heavy atom. The first kappa shape index (κ1) is 31.4. The monoisotopic (exact) mass is 642 g/mol. The van der Waals surface area contributed by atoms with Gasteiger partial charge in [0.2, 0.25) is 5.91 Å². The molecule has 3 amide bonds. The molecule has 1 saturated heterocycles. The minimum absolute atomic E-state index is 0.0906. The van der Waals surface area contributed by atoms with Crippen LogP contribution in [0.1, 0.15) is 25.3 Å². The molecule has 0 radical (unpaired) electrons. The van der Waals surface area contributed by atoms with Gasteiger partial charge >= 0.3 is 12.4 Å². The molecule has 2 aromatic carbocycles. The van der Waals surface area contributed by atoms with E-state index < -0.39 is 24.0 Å². The van der Waals surface area contributed by atoms with Gasteiger partial charge in [0.15, 0.2) is 16.8 Å². The van der Waals surface area contributed by atoms with Crippen LogP contribution in [0.2, 0.25) is 0 Å². The van der Waals surface area contributed by atoms with Crippen molar-refractivity contribution in [1.29, 1.82) is 0 Å². The summed E-state index contributed by atoms with van der Waals surface area (Å²) in [6.45, 7) is 4.01. The number of halogens is 4. The molecule has 4 aromatic rings. The van der Waals surface area contributed by atoms with Crippen LogP contribution in [-0.4, -0.2) is 63.1 Å². The number of nitrogens with one attached hydrogen (secondary N) is 1. The van der Waals surface area contributed by atoms with Crippen molar-refractivity contribution in [2.75, 3.05) is 35.0 Å². The molecule has 0 saturated carbocycles. The van der Waals surface area contributed by atoms with E-state index in [0.29, 0.717) is 5.69 Å². The topological polar surface area (TPSA) is 118 Å². The number of amidine groups is 1. The first-order chi connectivity index (χ1) is 21.3. The fraction of sp³-hybridized carbons (Fsp3) is 0.241. The second-order valence-corrected chi connectivity index (χ2v) is 11.2. The lowest BCUT2D eigenvalue weighted by molar-refractivity contribution is -0.274. The number of nitrogens with zero attached hydrogens (tertiary/aromatic N) is 7. The van der Waals surface area contributed by atoms with Crippen molar-refractivity contribution in [2.24, 2.45) is 4.99 Å². The van der Waals surface area contributed by atoms with Crippen molar-refractivity contribution < 1.29 is 31.9 Å². The number of pyridine rings is 1. The van der Waals surface area contributed by atoms with Crippen molar-refractivity contribution in [1.82, 2.24) is 19.7 Å². The summed E-state index contributed by atoms with van der Waals surface area (Å²) in [5.41, 5.74) is 2.51. The number of ether oxygens (including phenoxy) is 1. The lowest BCUT2D eigenvalue weighted by Gasteiger charge is -2.24. The van der Waals surface area contributed by atoms with Gasteiger partial charge in [0.25, 0.3) is 0 Å². The van der Waals surface area contributed by atoms with Crippen LogP contribution in [0.3, 0.4) is 0 Å². The van der Waals surface area contributed by atoms with Crippen molar-refractivity contribution >= 4 is 45.9 Å². The highest BCUT2D eigenvalue weighted by Gasteiger charge is 2.33. The van der Waals surface area contributed by atoms with E-state index in [1.54, 1.807) is 0 Å². The van der Waals surface area contributed by atoms with E-state index in [9.17, 15) is 22.8 Å². The quantitative estimate of drug-likeness (QED) is 0.236. The van der Waals surface area contributed by atoms with Crippen LogP contribution < -0.4 is 19.9 Å². The number of thioether (sulfide) groups is 1. The van der Waals surface area contributed by atoms with Crippen molar-refractivity contribution in [3.63, 3.8) is 0 Å². The molecule has 0 aliphatic carbocycles. The highest BCUT2D eigenvalue weighted by molar-refractivity contribution is 8.15. The molecule has 3 heterocycles. The Balaban J connectivity index is 1.32. The SMILES string of the molecule is CC(C)c1ccc(N(C)C)cc1N1C(=O)CSC1=NC(=O)Nc1ccc(-c2ncn(-c3ccc(OC(F)(F)F)cn3)n2)cc1F. The Morgan fingerprint density at radius 1 is 1.11 bits per heavy atom. The van der Waals surface area contributed by atoms with Gasteiger partial charge in [-0.25, -0.2) is 23.8 Å². The Bertz CT molecular complexity index is 1770. The minimum atomic E-state index is -4.85. The normalized spacial score (nSPS) is 14.4. The summed E-state index contributed by atoms with van der Waals surface area (Å²) < 4.78 is 57.2. The van der Waals surface area contributed by atoms with Crippen LogP contribution in [0.4, 0.5) is 39.4 Å². The third kappa shape index (κ3) is 7.22. The lowest BCUT2D eigenvalue weighted by atomic mass is 9.99. The largest absolute Gasteiger partial charge is 0.573 e. The van der Waals surface area contributed by atoms with Gasteiger partial charge < -0.3 is 15.0 Å². The number of alkyl halides is 3. The van der Waals surface area contributed by atoms with Crippen LogP contribution in [0.5, 0.6) is 5.75 Å². The van der Waals surface area contributed by atoms with Gasteiger partial charge in [-0.2, -0.15) is 4.99 Å². The maximum Gasteiger partial charge on any atom is 0.573 e. The summed E-state index contributed by atoms with van der Waals surface area (Å²) in [4.78, 5) is 41.2. The van der Waals surface area contributed by atoms with E-state index in [-0.39, 0.29) is 45.6 Å². The van der Waals surface area contributed by atoms with Crippen LogP contribution >= 0.6 is 11.8 Å². The average molecular weight is 643 g/mol. The molecule has 0 bridgehead atoms. The van der Waals surface area contributed by atoms with Crippen LogP contribution in [-0.2, 0) is 4.79 Å². The minimum Gasteiger partial charge on any atom is -0.404 e. The third-order valence-corrected chi connectivity index (χ3v) is 7.43. The fourth-order valence-electron chi connectivity index (χ4n) is 4.37. The summed E-state index contributed by atoms with van der Waals surface area (Å²) in [7, 11) is 3.77. The van der Waals surface area contributed by atoms with Crippen molar-refractivity contribution in [3.8, 4) is 23.0 Å². The molecular formula is C29H26F4N8O3S. The summed E-state index contributed by atoms with van der Waals surface area (Å²) in [6, 6.07) is 11.1. The van der Waals surface area contributed by atoms with Crippen LogP contribution in [0, 0.1) is 5.82 Å². The van der Waals surface area contributed by atoms with Crippen molar-refractivity contribution in [3.05, 3.63) is 72.4 Å². The fourth-order valence-corrected chi connectivity index (χ4v) is 5.23. The molecule has 45 heavy (non-hydrogen) atoms. The maximum absolute atomic E-state index is 15.1. The van der Waals surface area contributed by atoms with Gasteiger partial charge in [-0.3, -0.25) is 9.69 Å². The number of aromatic nitrogens is 4. The Labute approximate surface area is 258 Å². The van der Waals surface area contributed by atoms with Gasteiger partial charge in [0, 0.05) is 25.3 Å². The van der Waals surface area contributed by atoms with Crippen LogP contribution in [0.25, 0.3) is 17.2 Å². The van der Waals surface area contributed by atoms with E-state index in [4.69, 9.17) is 0 Å². The van der Waals surface area contributed by atoms with E-state index in [0.717, 1.165) is 41.3 Å². The molecule has 5 rings (SSSR count). The van der Waals surface area contributed by atoms with Gasteiger partial charge in [0.05, 0.1) is 23.3 Å². The van der Waals surface area contributed by atoms with E-state index in [2.05, 4.69) is 30.1 Å². The number of aliphatic imine (C=N–C) groups is 1. The molecule has 0 unspecified atom stereocenters. The second kappa shape index (κ2) is 12.6. The first-order valence-corrected chi connectivity index (χ1v) is 14.4. The van der Waals surface area contributed by atoms with E-state index in [1.807, 2.05) is 51.0 Å². The van der Waals surface area contributed by atoms with E-state index >= 15 is 4.39 Å². The Kier molecular flexibility index (Phi) is 8.77.